The van der Waals surface area contributed by atoms with Crippen molar-refractivity contribution in [3.63, 3.8) is 0 Å². The third-order valence-electron chi connectivity index (χ3n) is 4.84. The number of piperidine rings is 1. The molecule has 1 fully saturated rings. The molecule has 5 heteroatoms. The molecule has 2 amide bonds. The van der Waals surface area contributed by atoms with Gasteiger partial charge in [-0.05, 0) is 50.8 Å². The van der Waals surface area contributed by atoms with E-state index >= 15 is 0 Å². The summed E-state index contributed by atoms with van der Waals surface area (Å²) in [5.74, 6) is 0.785. The van der Waals surface area contributed by atoms with E-state index in [-0.39, 0.29) is 24.7 Å². The van der Waals surface area contributed by atoms with Crippen molar-refractivity contribution in [3.8, 4) is 0 Å². The number of amides is 2. The molecule has 0 spiro atoms. The molecule has 1 unspecified atom stereocenters. The SMILES string of the molecule is CC1CCN(C(CNC(=O)N[C@H](C)CCO)c2ccccc2)CC1. The quantitative estimate of drug-likeness (QED) is 0.718. The Morgan fingerprint density at radius 3 is 2.58 bits per heavy atom. The Labute approximate surface area is 145 Å². The highest BCUT2D eigenvalue weighted by Crippen LogP contribution is 2.26. The predicted octanol–water partition coefficient (Wildman–Crippen LogP) is 2.53. The number of carbonyl (C=O) groups is 1. The second kappa shape index (κ2) is 9.64. The van der Waals surface area contributed by atoms with Crippen molar-refractivity contribution in [2.75, 3.05) is 26.2 Å². The molecule has 1 saturated heterocycles. The summed E-state index contributed by atoms with van der Waals surface area (Å²) in [4.78, 5) is 14.6. The number of aliphatic hydroxyl groups excluding tert-OH is 1. The van der Waals surface area contributed by atoms with Crippen LogP contribution in [0.1, 0.15) is 44.7 Å². The van der Waals surface area contributed by atoms with Crippen LogP contribution in [0.4, 0.5) is 4.79 Å². The molecule has 0 aliphatic carbocycles. The van der Waals surface area contributed by atoms with E-state index in [9.17, 15) is 4.79 Å². The first-order valence-electron chi connectivity index (χ1n) is 9.04. The van der Waals surface area contributed by atoms with Crippen LogP contribution in [0.2, 0.25) is 0 Å². The zero-order chi connectivity index (χ0) is 17.4. The fourth-order valence-corrected chi connectivity index (χ4v) is 3.20. The number of hydrogen-bond donors (Lipinski definition) is 3. The first kappa shape index (κ1) is 18.7. The minimum atomic E-state index is -0.165. The van der Waals surface area contributed by atoms with Gasteiger partial charge in [-0.15, -0.1) is 0 Å². The first-order valence-corrected chi connectivity index (χ1v) is 9.04. The standard InChI is InChI=1S/C19H31N3O2/c1-15-8-11-22(12-9-15)18(17-6-4-3-5-7-17)14-20-19(24)21-16(2)10-13-23/h3-7,15-16,18,23H,8-14H2,1-2H3,(H2,20,21,24)/t16-,18?/m1/s1. The number of rotatable bonds is 7. The lowest BCUT2D eigenvalue weighted by atomic mass is 9.95. The third kappa shape index (κ3) is 5.80. The average Bonchev–Trinajstić information content (AvgIpc) is 2.57. The van der Waals surface area contributed by atoms with Crippen LogP contribution in [-0.2, 0) is 0 Å². The molecule has 1 aromatic carbocycles. The Morgan fingerprint density at radius 2 is 1.96 bits per heavy atom. The summed E-state index contributed by atoms with van der Waals surface area (Å²) >= 11 is 0. The number of benzene rings is 1. The number of aliphatic hydroxyl groups is 1. The van der Waals surface area contributed by atoms with Crippen molar-refractivity contribution in [1.29, 1.82) is 0 Å². The highest BCUT2D eigenvalue weighted by Gasteiger charge is 2.25. The van der Waals surface area contributed by atoms with Gasteiger partial charge in [0.05, 0.1) is 6.04 Å². The summed E-state index contributed by atoms with van der Waals surface area (Å²) < 4.78 is 0. The Bertz CT molecular complexity index is 487. The third-order valence-corrected chi connectivity index (χ3v) is 4.84. The smallest absolute Gasteiger partial charge is 0.315 e. The van der Waals surface area contributed by atoms with E-state index in [1.807, 2.05) is 13.0 Å². The molecule has 1 aliphatic heterocycles. The van der Waals surface area contributed by atoms with Crippen LogP contribution in [0.5, 0.6) is 0 Å². The summed E-state index contributed by atoms with van der Waals surface area (Å²) in [5.41, 5.74) is 1.25. The Hall–Kier alpha value is -1.59. The van der Waals surface area contributed by atoms with Crippen molar-refractivity contribution < 1.29 is 9.90 Å². The van der Waals surface area contributed by atoms with Gasteiger partial charge >= 0.3 is 6.03 Å². The molecule has 1 aliphatic rings. The summed E-state index contributed by atoms with van der Waals surface area (Å²) in [5, 5.41) is 14.8. The van der Waals surface area contributed by atoms with Crippen LogP contribution in [0.15, 0.2) is 30.3 Å². The molecule has 2 rings (SSSR count). The zero-order valence-electron chi connectivity index (χ0n) is 14.9. The topological polar surface area (TPSA) is 64.6 Å². The van der Waals surface area contributed by atoms with Gasteiger partial charge in [0.25, 0.3) is 0 Å². The van der Waals surface area contributed by atoms with Gasteiger partial charge in [-0.3, -0.25) is 4.90 Å². The van der Waals surface area contributed by atoms with Gasteiger partial charge in [-0.25, -0.2) is 4.79 Å². The van der Waals surface area contributed by atoms with E-state index in [0.29, 0.717) is 13.0 Å². The van der Waals surface area contributed by atoms with E-state index in [1.165, 1.54) is 18.4 Å². The van der Waals surface area contributed by atoms with Crippen molar-refractivity contribution in [2.45, 2.75) is 45.2 Å². The van der Waals surface area contributed by atoms with E-state index in [1.54, 1.807) is 0 Å². The maximum Gasteiger partial charge on any atom is 0.315 e. The fraction of sp³-hybridized carbons (Fsp3) is 0.632. The van der Waals surface area contributed by atoms with Crippen molar-refractivity contribution >= 4 is 6.03 Å². The van der Waals surface area contributed by atoms with Crippen molar-refractivity contribution in [3.05, 3.63) is 35.9 Å². The predicted molar refractivity (Wildman–Crippen MR) is 96.9 cm³/mol. The highest BCUT2D eigenvalue weighted by atomic mass is 16.3. The molecule has 3 N–H and O–H groups in total. The Kier molecular flexibility index (Phi) is 7.53. The van der Waals surface area contributed by atoms with Crippen LogP contribution in [0.3, 0.4) is 0 Å². The lowest BCUT2D eigenvalue weighted by Gasteiger charge is -2.37. The van der Waals surface area contributed by atoms with Gasteiger partial charge < -0.3 is 15.7 Å². The van der Waals surface area contributed by atoms with Gasteiger partial charge in [0.2, 0.25) is 0 Å². The Morgan fingerprint density at radius 1 is 1.29 bits per heavy atom. The first-order chi connectivity index (χ1) is 11.6. The second-order valence-corrected chi connectivity index (χ2v) is 6.91. The fourth-order valence-electron chi connectivity index (χ4n) is 3.20. The van der Waals surface area contributed by atoms with Crippen LogP contribution < -0.4 is 10.6 Å². The number of hydrogen-bond acceptors (Lipinski definition) is 3. The maximum atomic E-state index is 12.1. The number of carbonyl (C=O) groups excluding carboxylic acids is 1. The van der Waals surface area contributed by atoms with E-state index in [0.717, 1.165) is 19.0 Å². The molecule has 0 radical (unpaired) electrons. The summed E-state index contributed by atoms with van der Waals surface area (Å²) in [6.45, 7) is 7.03. The Balaban J connectivity index is 1.95. The lowest BCUT2D eigenvalue weighted by molar-refractivity contribution is 0.136. The van der Waals surface area contributed by atoms with Gasteiger partial charge in [0.15, 0.2) is 0 Å². The summed E-state index contributed by atoms with van der Waals surface area (Å²) in [6, 6.07) is 10.4. The molecule has 0 bridgehead atoms. The van der Waals surface area contributed by atoms with Crippen LogP contribution in [0, 0.1) is 5.92 Å². The minimum Gasteiger partial charge on any atom is -0.396 e. The lowest BCUT2D eigenvalue weighted by Crippen LogP contribution is -2.46. The molecular weight excluding hydrogens is 302 g/mol. The number of likely N-dealkylation sites (tertiary alicyclic amines) is 1. The van der Waals surface area contributed by atoms with E-state index in [2.05, 4.69) is 46.7 Å². The van der Waals surface area contributed by atoms with Crippen LogP contribution in [0.25, 0.3) is 0 Å². The molecule has 5 nitrogen and oxygen atoms in total. The molecular formula is C19H31N3O2. The number of nitrogens with zero attached hydrogens (tertiary/aromatic N) is 1. The largest absolute Gasteiger partial charge is 0.396 e. The van der Waals surface area contributed by atoms with Crippen molar-refractivity contribution in [2.24, 2.45) is 5.92 Å². The van der Waals surface area contributed by atoms with E-state index in [4.69, 9.17) is 5.11 Å². The number of urea groups is 1. The monoisotopic (exact) mass is 333 g/mol. The normalized spacial score (nSPS) is 18.8. The minimum absolute atomic E-state index is 0.0268. The molecule has 134 valence electrons. The molecule has 1 aromatic rings. The molecule has 2 atom stereocenters. The van der Waals surface area contributed by atoms with Crippen LogP contribution in [-0.4, -0.2) is 48.3 Å². The van der Waals surface area contributed by atoms with Gasteiger partial charge in [0.1, 0.15) is 0 Å². The second-order valence-electron chi connectivity index (χ2n) is 6.91. The number of nitrogens with one attached hydrogen (secondary N) is 2. The van der Waals surface area contributed by atoms with E-state index < -0.39 is 0 Å². The van der Waals surface area contributed by atoms with Gasteiger partial charge in [-0.2, -0.15) is 0 Å². The maximum absolute atomic E-state index is 12.1. The highest BCUT2D eigenvalue weighted by molar-refractivity contribution is 5.74. The molecule has 24 heavy (non-hydrogen) atoms. The van der Waals surface area contributed by atoms with Crippen LogP contribution >= 0.6 is 0 Å². The average molecular weight is 333 g/mol. The van der Waals surface area contributed by atoms with Gasteiger partial charge in [-0.1, -0.05) is 37.3 Å². The van der Waals surface area contributed by atoms with Crippen molar-refractivity contribution in [1.82, 2.24) is 15.5 Å². The molecule has 1 heterocycles. The molecule has 0 aromatic heterocycles. The summed E-state index contributed by atoms with van der Waals surface area (Å²) in [7, 11) is 0. The summed E-state index contributed by atoms with van der Waals surface area (Å²) in [6.07, 6.45) is 2.99. The zero-order valence-corrected chi connectivity index (χ0v) is 14.9. The van der Waals surface area contributed by atoms with Gasteiger partial charge in [0, 0.05) is 19.2 Å². The molecule has 0 saturated carbocycles.